The molecular weight excluding hydrogens is 433 g/mol. The van der Waals surface area contributed by atoms with Crippen molar-refractivity contribution >= 4 is 35.0 Å². The van der Waals surface area contributed by atoms with E-state index in [0.717, 1.165) is 17.3 Å². The van der Waals surface area contributed by atoms with Crippen LogP contribution in [0.5, 0.6) is 0 Å². The summed E-state index contributed by atoms with van der Waals surface area (Å²) in [4.78, 5) is 39.6. The van der Waals surface area contributed by atoms with Gasteiger partial charge in [-0.15, -0.1) is 10.2 Å². The zero-order chi connectivity index (χ0) is 23.3. The van der Waals surface area contributed by atoms with Crippen LogP contribution in [0.2, 0.25) is 0 Å². The fourth-order valence-electron chi connectivity index (χ4n) is 2.75. The molecule has 0 unspecified atom stereocenters. The second-order valence-corrected chi connectivity index (χ2v) is 8.34. The van der Waals surface area contributed by atoms with Crippen LogP contribution in [-0.2, 0) is 9.59 Å². The number of rotatable bonds is 7. The van der Waals surface area contributed by atoms with Crippen LogP contribution in [-0.4, -0.2) is 32.2 Å². The predicted octanol–water partition coefficient (Wildman–Crippen LogP) is 3.75. The molecule has 0 aliphatic carbocycles. The monoisotopic (exact) mass is 455 g/mol. The number of anilines is 2. The van der Waals surface area contributed by atoms with Gasteiger partial charge >= 0.3 is 0 Å². The summed E-state index contributed by atoms with van der Waals surface area (Å²) < 4.78 is 13.0. The van der Waals surface area contributed by atoms with Gasteiger partial charge in [-0.1, -0.05) is 30.3 Å². The van der Waals surface area contributed by atoms with Crippen molar-refractivity contribution in [3.05, 3.63) is 64.2 Å². The summed E-state index contributed by atoms with van der Waals surface area (Å²) in [6.45, 7) is 5.24. The Bertz CT molecular complexity index is 1200. The lowest BCUT2D eigenvalue weighted by Gasteiger charge is -2.12. The summed E-state index contributed by atoms with van der Waals surface area (Å²) in [5.74, 6) is -0.923. The van der Waals surface area contributed by atoms with Crippen molar-refractivity contribution in [2.24, 2.45) is 0 Å². The molecule has 0 radical (unpaired) electrons. The minimum Gasteiger partial charge on any atom is -0.325 e. The molecule has 0 aliphatic heterocycles. The number of carbonyl (C=O) groups excluding carboxylic acids is 2. The number of halogens is 1. The van der Waals surface area contributed by atoms with Gasteiger partial charge in [-0.3, -0.25) is 19.4 Å². The van der Waals surface area contributed by atoms with Crippen LogP contribution in [0.15, 0.2) is 52.4 Å². The van der Waals surface area contributed by atoms with Crippen molar-refractivity contribution in [1.82, 2.24) is 15.2 Å². The quantitative estimate of drug-likeness (QED) is 0.467. The van der Waals surface area contributed by atoms with Crippen LogP contribution in [0.4, 0.5) is 15.8 Å². The van der Waals surface area contributed by atoms with Gasteiger partial charge in [0, 0.05) is 17.7 Å². The summed E-state index contributed by atoms with van der Waals surface area (Å²) >= 11 is 1.03. The van der Waals surface area contributed by atoms with Crippen molar-refractivity contribution in [2.45, 2.75) is 37.6 Å². The van der Waals surface area contributed by atoms with E-state index in [1.807, 2.05) is 13.0 Å². The van der Waals surface area contributed by atoms with Gasteiger partial charge in [0.1, 0.15) is 5.82 Å². The van der Waals surface area contributed by atoms with E-state index in [9.17, 15) is 18.8 Å². The third kappa shape index (κ3) is 5.79. The van der Waals surface area contributed by atoms with Gasteiger partial charge in [-0.25, -0.2) is 4.39 Å². The topological polar surface area (TPSA) is 117 Å². The maximum atomic E-state index is 13.0. The van der Waals surface area contributed by atoms with Gasteiger partial charge in [-0.05, 0) is 50.2 Å². The van der Waals surface area contributed by atoms with E-state index in [0.29, 0.717) is 23.4 Å². The van der Waals surface area contributed by atoms with E-state index in [4.69, 9.17) is 0 Å². The number of aromatic amines is 1. The number of carbonyl (C=O) groups is 2. The smallest absolute Gasteiger partial charge is 0.278 e. The number of H-pyrrole nitrogens is 1. The van der Waals surface area contributed by atoms with E-state index in [-0.39, 0.29) is 22.7 Å². The Balaban J connectivity index is 1.77. The number of hydrogen-bond acceptors (Lipinski definition) is 6. The molecule has 0 bridgehead atoms. The van der Waals surface area contributed by atoms with Gasteiger partial charge in [0.15, 0.2) is 10.9 Å². The van der Waals surface area contributed by atoms with E-state index in [2.05, 4.69) is 25.8 Å². The number of thioether (sulfide) groups is 1. The van der Waals surface area contributed by atoms with Crippen molar-refractivity contribution in [3.63, 3.8) is 0 Å². The largest absolute Gasteiger partial charge is 0.325 e. The summed E-state index contributed by atoms with van der Waals surface area (Å²) in [7, 11) is 0. The van der Waals surface area contributed by atoms with E-state index in [1.54, 1.807) is 26.0 Å². The molecule has 1 atom stereocenters. The van der Waals surface area contributed by atoms with Gasteiger partial charge in [-0.2, -0.15) is 0 Å². The van der Waals surface area contributed by atoms with Crippen LogP contribution < -0.4 is 16.2 Å². The highest BCUT2D eigenvalue weighted by Gasteiger charge is 2.19. The third-order valence-corrected chi connectivity index (χ3v) is 5.45. The lowest BCUT2D eigenvalue weighted by atomic mass is 10.1. The Morgan fingerprint density at radius 2 is 1.84 bits per heavy atom. The molecule has 2 aromatic carbocycles. The number of aromatic nitrogens is 3. The molecule has 0 saturated carbocycles. The first-order chi connectivity index (χ1) is 15.3. The molecule has 8 nitrogen and oxygen atoms in total. The molecule has 0 saturated heterocycles. The number of aryl methyl sites for hydroxylation is 1. The highest BCUT2D eigenvalue weighted by molar-refractivity contribution is 8.00. The molecule has 10 heteroatoms. The van der Waals surface area contributed by atoms with Crippen molar-refractivity contribution in [1.29, 1.82) is 0 Å². The fourth-order valence-corrected chi connectivity index (χ4v) is 3.49. The van der Waals surface area contributed by atoms with Gasteiger partial charge in [0.2, 0.25) is 11.8 Å². The first-order valence-electron chi connectivity index (χ1n) is 9.87. The number of hydrogen-bond donors (Lipinski definition) is 3. The molecule has 0 spiro atoms. The summed E-state index contributed by atoms with van der Waals surface area (Å²) in [5.41, 5.74) is 1.84. The Morgan fingerprint density at radius 3 is 2.50 bits per heavy atom. The fraction of sp³-hybridized carbons (Fsp3) is 0.227. The number of nitrogens with one attached hydrogen (secondary N) is 3. The SMILES string of the molecule is CCC(=O)Nc1ccc(C)cc1-c1nnc(S[C@@H](C)C(=O)Nc2ccc(F)cc2)[nH]c1=O. The standard InChI is InChI=1S/C22H22FN5O3S/c1-4-18(29)25-17-10-5-12(2)11-16(17)19-21(31)26-22(28-27-19)32-13(3)20(30)24-15-8-6-14(23)7-9-15/h5-11,13H,4H2,1-3H3,(H,24,30)(H,25,29)(H,26,28,31)/t13-/m0/s1. The van der Waals surface area contributed by atoms with Crippen LogP contribution in [0.1, 0.15) is 25.8 Å². The molecule has 1 aromatic heterocycles. The average Bonchev–Trinajstić information content (AvgIpc) is 2.76. The zero-order valence-corrected chi connectivity index (χ0v) is 18.5. The number of nitrogens with zero attached hydrogens (tertiary/aromatic N) is 2. The van der Waals surface area contributed by atoms with Crippen LogP contribution in [0.25, 0.3) is 11.3 Å². The molecule has 3 aromatic rings. The van der Waals surface area contributed by atoms with Crippen LogP contribution >= 0.6 is 11.8 Å². The Morgan fingerprint density at radius 1 is 1.12 bits per heavy atom. The molecule has 0 aliphatic rings. The van der Waals surface area contributed by atoms with Gasteiger partial charge in [0.25, 0.3) is 5.56 Å². The summed E-state index contributed by atoms with van der Waals surface area (Å²) in [6.07, 6.45) is 0.294. The van der Waals surface area contributed by atoms with E-state index in [1.165, 1.54) is 24.3 Å². The average molecular weight is 456 g/mol. The minimum absolute atomic E-state index is 0.0628. The van der Waals surface area contributed by atoms with E-state index >= 15 is 0 Å². The second kappa shape index (κ2) is 10.2. The molecule has 3 N–H and O–H groups in total. The molecular formula is C22H22FN5O3S. The van der Waals surface area contributed by atoms with Crippen molar-refractivity contribution < 1.29 is 14.0 Å². The molecule has 1 heterocycles. The zero-order valence-electron chi connectivity index (χ0n) is 17.7. The lowest BCUT2D eigenvalue weighted by Crippen LogP contribution is -2.23. The van der Waals surface area contributed by atoms with Crippen LogP contribution in [0, 0.1) is 12.7 Å². The second-order valence-electron chi connectivity index (χ2n) is 7.01. The first-order valence-corrected chi connectivity index (χ1v) is 10.8. The third-order valence-electron chi connectivity index (χ3n) is 4.47. The summed E-state index contributed by atoms with van der Waals surface area (Å²) in [5, 5.41) is 13.1. The molecule has 0 fully saturated rings. The predicted molar refractivity (Wildman–Crippen MR) is 122 cm³/mol. The van der Waals surface area contributed by atoms with Crippen molar-refractivity contribution in [3.8, 4) is 11.3 Å². The van der Waals surface area contributed by atoms with Crippen molar-refractivity contribution in [2.75, 3.05) is 10.6 Å². The Labute approximate surface area is 188 Å². The minimum atomic E-state index is -0.603. The van der Waals surface area contributed by atoms with E-state index < -0.39 is 16.6 Å². The number of amides is 2. The first kappa shape index (κ1) is 23.1. The Hall–Kier alpha value is -3.53. The highest BCUT2D eigenvalue weighted by atomic mass is 32.2. The molecule has 2 amide bonds. The summed E-state index contributed by atoms with van der Waals surface area (Å²) in [6, 6.07) is 10.7. The maximum absolute atomic E-state index is 13.0. The molecule has 3 rings (SSSR count). The van der Waals surface area contributed by atoms with Gasteiger partial charge in [0.05, 0.1) is 10.9 Å². The highest BCUT2D eigenvalue weighted by Crippen LogP contribution is 2.26. The molecule has 32 heavy (non-hydrogen) atoms. The lowest BCUT2D eigenvalue weighted by molar-refractivity contribution is -0.116. The maximum Gasteiger partial charge on any atom is 0.278 e. The van der Waals surface area contributed by atoms with Crippen LogP contribution in [0.3, 0.4) is 0 Å². The van der Waals surface area contributed by atoms with Gasteiger partial charge < -0.3 is 10.6 Å². The Kier molecular flexibility index (Phi) is 7.37. The normalized spacial score (nSPS) is 11.6. The number of benzene rings is 2. The molecule has 166 valence electrons.